The molecule has 0 radical (unpaired) electrons. The zero-order valence-electron chi connectivity index (χ0n) is 9.60. The van der Waals surface area contributed by atoms with Crippen LogP contribution < -0.4 is 5.73 Å². The number of fused-ring (bicyclic) bond motifs is 1. The topological polar surface area (TPSA) is 38.9 Å². The van der Waals surface area contributed by atoms with E-state index in [0.29, 0.717) is 10.8 Å². The molecule has 3 heteroatoms. The normalized spacial score (nSPS) is 10.7. The molecule has 0 atom stereocenters. The third-order valence-electron chi connectivity index (χ3n) is 2.89. The molecule has 2 aromatic carbocycles. The molecule has 3 aromatic rings. The number of halogens is 1. The minimum absolute atomic E-state index is 0.538. The van der Waals surface area contributed by atoms with E-state index >= 15 is 0 Å². The van der Waals surface area contributed by atoms with Crippen molar-refractivity contribution in [3.63, 3.8) is 0 Å². The van der Waals surface area contributed by atoms with Gasteiger partial charge >= 0.3 is 0 Å². The number of nitrogens with zero attached hydrogens (tertiary/aromatic N) is 1. The Morgan fingerprint density at radius 3 is 2.50 bits per heavy atom. The molecule has 0 saturated carbocycles. The van der Waals surface area contributed by atoms with Crippen molar-refractivity contribution < 1.29 is 0 Å². The van der Waals surface area contributed by atoms with Crippen molar-refractivity contribution in [3.05, 3.63) is 59.6 Å². The van der Waals surface area contributed by atoms with Crippen LogP contribution in [0.4, 0.5) is 5.82 Å². The summed E-state index contributed by atoms with van der Waals surface area (Å²) in [4.78, 5) is 4.41. The number of rotatable bonds is 1. The molecule has 0 aliphatic carbocycles. The zero-order chi connectivity index (χ0) is 12.5. The summed E-state index contributed by atoms with van der Waals surface area (Å²) >= 11 is 6.00. The summed E-state index contributed by atoms with van der Waals surface area (Å²) in [5.74, 6) is 0.538. The molecule has 1 aromatic heterocycles. The van der Waals surface area contributed by atoms with E-state index in [1.54, 1.807) is 0 Å². The number of anilines is 1. The van der Waals surface area contributed by atoms with Crippen LogP contribution in [0, 0.1) is 0 Å². The molecule has 0 fully saturated rings. The highest BCUT2D eigenvalue weighted by Gasteiger charge is 2.06. The second kappa shape index (κ2) is 4.31. The lowest BCUT2D eigenvalue weighted by Gasteiger charge is -2.07. The first-order chi connectivity index (χ1) is 8.74. The van der Waals surface area contributed by atoms with Crippen molar-refractivity contribution in [2.75, 3.05) is 5.73 Å². The lowest BCUT2D eigenvalue weighted by Crippen LogP contribution is -1.94. The summed E-state index contributed by atoms with van der Waals surface area (Å²) < 4.78 is 0. The first-order valence-corrected chi connectivity index (χ1v) is 6.03. The van der Waals surface area contributed by atoms with Crippen LogP contribution in [-0.4, -0.2) is 4.98 Å². The molecule has 0 aliphatic rings. The number of pyridine rings is 1. The molecular weight excluding hydrogens is 244 g/mol. The van der Waals surface area contributed by atoms with E-state index in [0.717, 1.165) is 22.0 Å². The molecule has 0 saturated heterocycles. The largest absolute Gasteiger partial charge is 0.383 e. The molecule has 0 amide bonds. The fourth-order valence-corrected chi connectivity index (χ4v) is 2.19. The lowest BCUT2D eigenvalue weighted by atomic mass is 10.0. The van der Waals surface area contributed by atoms with Gasteiger partial charge < -0.3 is 5.73 Å². The standard InChI is InChI=1S/C15H11ClN2/c16-12-6-7-14-11(8-12)9-13(15(17)18-14)10-4-2-1-3-5-10/h1-9H,(H2,17,18). The maximum atomic E-state index is 6.01. The first kappa shape index (κ1) is 11.1. The van der Waals surface area contributed by atoms with Gasteiger partial charge in [-0.05, 0) is 29.8 Å². The number of benzene rings is 2. The van der Waals surface area contributed by atoms with E-state index in [2.05, 4.69) is 4.98 Å². The van der Waals surface area contributed by atoms with Crippen LogP contribution in [0.1, 0.15) is 0 Å². The van der Waals surface area contributed by atoms with Gasteiger partial charge in [-0.2, -0.15) is 0 Å². The average Bonchev–Trinajstić information content (AvgIpc) is 2.39. The predicted molar refractivity (Wildman–Crippen MR) is 76.6 cm³/mol. The van der Waals surface area contributed by atoms with Gasteiger partial charge in [-0.25, -0.2) is 4.98 Å². The van der Waals surface area contributed by atoms with Gasteiger partial charge in [0.1, 0.15) is 5.82 Å². The number of hydrogen-bond donors (Lipinski definition) is 1. The molecule has 18 heavy (non-hydrogen) atoms. The van der Waals surface area contributed by atoms with Gasteiger partial charge in [0.05, 0.1) is 5.52 Å². The maximum absolute atomic E-state index is 6.01. The summed E-state index contributed by atoms with van der Waals surface area (Å²) in [5.41, 5.74) is 8.87. The first-order valence-electron chi connectivity index (χ1n) is 5.65. The number of nitrogens with two attached hydrogens (primary N) is 1. The molecule has 88 valence electrons. The SMILES string of the molecule is Nc1nc2ccc(Cl)cc2cc1-c1ccccc1. The Hall–Kier alpha value is -2.06. The van der Waals surface area contributed by atoms with Crippen LogP contribution >= 0.6 is 11.6 Å². The van der Waals surface area contributed by atoms with Gasteiger partial charge in [0, 0.05) is 16.0 Å². The maximum Gasteiger partial charge on any atom is 0.131 e. The lowest BCUT2D eigenvalue weighted by molar-refractivity contribution is 1.41. The summed E-state index contributed by atoms with van der Waals surface area (Å²) in [6.45, 7) is 0. The second-order valence-corrected chi connectivity index (χ2v) is 4.56. The van der Waals surface area contributed by atoms with Crippen LogP contribution in [0.5, 0.6) is 0 Å². The Kier molecular flexibility index (Phi) is 2.65. The quantitative estimate of drug-likeness (QED) is 0.709. The van der Waals surface area contributed by atoms with E-state index in [1.807, 2.05) is 54.6 Å². The van der Waals surface area contributed by atoms with Crippen molar-refractivity contribution in [3.8, 4) is 11.1 Å². The van der Waals surface area contributed by atoms with Gasteiger partial charge in [0.2, 0.25) is 0 Å². The highest BCUT2D eigenvalue weighted by molar-refractivity contribution is 6.31. The third kappa shape index (κ3) is 1.91. The molecule has 2 N–H and O–H groups in total. The highest BCUT2D eigenvalue weighted by atomic mass is 35.5. The predicted octanol–water partition coefficient (Wildman–Crippen LogP) is 4.14. The second-order valence-electron chi connectivity index (χ2n) is 4.12. The summed E-state index contributed by atoms with van der Waals surface area (Å²) in [6.07, 6.45) is 0. The average molecular weight is 255 g/mol. The minimum Gasteiger partial charge on any atom is -0.383 e. The molecule has 2 nitrogen and oxygen atoms in total. The number of nitrogen functional groups attached to an aromatic ring is 1. The minimum atomic E-state index is 0.538. The summed E-state index contributed by atoms with van der Waals surface area (Å²) in [5, 5.41) is 1.70. The Morgan fingerprint density at radius 1 is 0.944 bits per heavy atom. The van der Waals surface area contributed by atoms with Crippen molar-refractivity contribution in [2.24, 2.45) is 0 Å². The third-order valence-corrected chi connectivity index (χ3v) is 3.13. The monoisotopic (exact) mass is 254 g/mol. The molecule has 3 rings (SSSR count). The molecule has 0 bridgehead atoms. The van der Waals surface area contributed by atoms with E-state index in [-0.39, 0.29) is 0 Å². The van der Waals surface area contributed by atoms with E-state index in [4.69, 9.17) is 17.3 Å². The van der Waals surface area contributed by atoms with Crippen LogP contribution in [0.15, 0.2) is 54.6 Å². The molecule has 1 heterocycles. The van der Waals surface area contributed by atoms with Gasteiger partial charge in [-0.15, -0.1) is 0 Å². The van der Waals surface area contributed by atoms with Gasteiger partial charge in [0.15, 0.2) is 0 Å². The molecule has 0 unspecified atom stereocenters. The Morgan fingerprint density at radius 2 is 1.72 bits per heavy atom. The van der Waals surface area contributed by atoms with Crippen LogP contribution in [0.25, 0.3) is 22.0 Å². The van der Waals surface area contributed by atoms with Crippen molar-refractivity contribution in [1.29, 1.82) is 0 Å². The molecule has 0 aliphatic heterocycles. The van der Waals surface area contributed by atoms with Gasteiger partial charge in [-0.3, -0.25) is 0 Å². The fraction of sp³-hybridized carbons (Fsp3) is 0. The van der Waals surface area contributed by atoms with Crippen molar-refractivity contribution in [2.45, 2.75) is 0 Å². The van der Waals surface area contributed by atoms with E-state index < -0.39 is 0 Å². The van der Waals surface area contributed by atoms with Crippen molar-refractivity contribution in [1.82, 2.24) is 4.98 Å². The van der Waals surface area contributed by atoms with E-state index in [9.17, 15) is 0 Å². The van der Waals surface area contributed by atoms with Crippen LogP contribution in [-0.2, 0) is 0 Å². The van der Waals surface area contributed by atoms with Gasteiger partial charge in [-0.1, -0.05) is 41.9 Å². The zero-order valence-corrected chi connectivity index (χ0v) is 10.4. The van der Waals surface area contributed by atoms with Crippen molar-refractivity contribution >= 4 is 28.3 Å². The number of hydrogen-bond acceptors (Lipinski definition) is 2. The molecular formula is C15H11ClN2. The Bertz CT molecular complexity index is 708. The molecule has 0 spiro atoms. The van der Waals surface area contributed by atoms with Crippen LogP contribution in [0.3, 0.4) is 0 Å². The fourth-order valence-electron chi connectivity index (χ4n) is 2.01. The summed E-state index contributed by atoms with van der Waals surface area (Å²) in [7, 11) is 0. The van der Waals surface area contributed by atoms with E-state index in [1.165, 1.54) is 0 Å². The van der Waals surface area contributed by atoms with Gasteiger partial charge in [0.25, 0.3) is 0 Å². The van der Waals surface area contributed by atoms with Crippen LogP contribution in [0.2, 0.25) is 5.02 Å². The highest BCUT2D eigenvalue weighted by Crippen LogP contribution is 2.29. The smallest absolute Gasteiger partial charge is 0.131 e. The Labute approximate surface area is 110 Å². The number of aromatic nitrogens is 1. The summed E-state index contributed by atoms with van der Waals surface area (Å²) in [6, 6.07) is 17.6. The Balaban J connectivity index is 2.27.